The van der Waals surface area contributed by atoms with Crippen molar-refractivity contribution in [3.63, 3.8) is 0 Å². The van der Waals surface area contributed by atoms with Gasteiger partial charge in [-0.15, -0.1) is 23.1 Å². The lowest BCUT2D eigenvalue weighted by Gasteiger charge is -2.23. The summed E-state index contributed by atoms with van der Waals surface area (Å²) in [7, 11) is 1.52. The number of hydrogen-bond acceptors (Lipinski definition) is 5. The second kappa shape index (κ2) is 7.03. The van der Waals surface area contributed by atoms with Crippen LogP contribution in [0.3, 0.4) is 0 Å². The number of methoxy groups -OCH3 is 1. The number of nitrogens with zero attached hydrogens (tertiary/aromatic N) is 1. The van der Waals surface area contributed by atoms with E-state index in [0.29, 0.717) is 24.5 Å². The van der Waals surface area contributed by atoms with Crippen molar-refractivity contribution in [3.05, 3.63) is 45.1 Å². The number of thioether (sulfide) groups is 1. The molecular weight excluding hydrogens is 354 g/mol. The topological polar surface area (TPSA) is 49.8 Å². The van der Waals surface area contributed by atoms with E-state index >= 15 is 0 Å². The summed E-state index contributed by atoms with van der Waals surface area (Å²) in [5, 5.41) is 9.69. The van der Waals surface area contributed by atoms with Crippen molar-refractivity contribution in [2.75, 3.05) is 19.4 Å². The van der Waals surface area contributed by atoms with Crippen molar-refractivity contribution in [1.82, 2.24) is 4.90 Å². The first-order valence-electron chi connectivity index (χ1n) is 7.10. The quantitative estimate of drug-likeness (QED) is 0.867. The molecule has 0 aliphatic carbocycles. The number of rotatable bonds is 5. The van der Waals surface area contributed by atoms with Gasteiger partial charge in [0, 0.05) is 11.4 Å². The van der Waals surface area contributed by atoms with Crippen LogP contribution in [0.15, 0.2) is 30.3 Å². The molecule has 2 heterocycles. The van der Waals surface area contributed by atoms with E-state index in [2.05, 4.69) is 0 Å². The highest BCUT2D eigenvalue weighted by Gasteiger charge is 2.33. The summed E-state index contributed by atoms with van der Waals surface area (Å²) in [5.41, 5.74) is 1.02. The minimum Gasteiger partial charge on any atom is -0.504 e. The van der Waals surface area contributed by atoms with E-state index in [1.807, 2.05) is 23.1 Å². The van der Waals surface area contributed by atoms with E-state index in [0.717, 1.165) is 14.8 Å². The van der Waals surface area contributed by atoms with Crippen LogP contribution in [0.25, 0.3) is 0 Å². The van der Waals surface area contributed by atoms with Gasteiger partial charge in [-0.3, -0.25) is 4.79 Å². The third-order valence-corrected chi connectivity index (χ3v) is 6.36. The molecule has 23 heavy (non-hydrogen) atoms. The fourth-order valence-electron chi connectivity index (χ4n) is 2.52. The predicted octanol–water partition coefficient (Wildman–Crippen LogP) is 3.93. The Labute approximate surface area is 148 Å². The van der Waals surface area contributed by atoms with Crippen LogP contribution in [0, 0.1) is 0 Å². The van der Waals surface area contributed by atoms with Crippen LogP contribution in [-0.2, 0) is 11.2 Å². The normalized spacial score (nSPS) is 17.7. The maximum Gasteiger partial charge on any atom is 0.233 e. The lowest BCUT2D eigenvalue weighted by Crippen LogP contribution is -2.30. The van der Waals surface area contributed by atoms with Crippen LogP contribution in [0.1, 0.15) is 15.8 Å². The zero-order chi connectivity index (χ0) is 16.4. The minimum atomic E-state index is 0.0408. The molecule has 1 N–H and O–H groups in total. The molecule has 0 bridgehead atoms. The summed E-state index contributed by atoms with van der Waals surface area (Å²) in [4.78, 5) is 15.2. The van der Waals surface area contributed by atoms with Crippen LogP contribution >= 0.6 is 34.7 Å². The average Bonchev–Trinajstić information content (AvgIpc) is 3.12. The lowest BCUT2D eigenvalue weighted by molar-refractivity contribution is -0.127. The third kappa shape index (κ3) is 3.59. The molecule has 1 amide bonds. The minimum absolute atomic E-state index is 0.0408. The molecule has 3 rings (SSSR count). The molecule has 1 aliphatic heterocycles. The van der Waals surface area contributed by atoms with E-state index in [1.165, 1.54) is 18.4 Å². The molecule has 1 fully saturated rings. The number of amides is 1. The van der Waals surface area contributed by atoms with Gasteiger partial charge in [0.05, 0.1) is 17.2 Å². The number of thiophene rings is 1. The van der Waals surface area contributed by atoms with Crippen molar-refractivity contribution in [2.24, 2.45) is 0 Å². The molecule has 122 valence electrons. The van der Waals surface area contributed by atoms with Gasteiger partial charge in [0.1, 0.15) is 5.37 Å². The van der Waals surface area contributed by atoms with Crippen molar-refractivity contribution in [1.29, 1.82) is 0 Å². The maximum atomic E-state index is 12.2. The standard InChI is InChI=1S/C16H16ClNO3S2/c1-21-12-8-10(2-3-11(12)19)6-7-18-15(20)9-22-16(18)13-4-5-14(17)23-13/h2-5,8,16,19H,6-7,9H2,1H3. The second-order valence-corrected chi connectivity index (χ2v) is 7.96. The molecule has 7 heteroatoms. The first-order valence-corrected chi connectivity index (χ1v) is 9.35. The number of benzene rings is 1. The molecule has 1 aromatic carbocycles. The van der Waals surface area contributed by atoms with Gasteiger partial charge in [0.25, 0.3) is 0 Å². The highest BCUT2D eigenvalue weighted by Crippen LogP contribution is 2.42. The zero-order valence-electron chi connectivity index (χ0n) is 12.5. The predicted molar refractivity (Wildman–Crippen MR) is 94.6 cm³/mol. The van der Waals surface area contributed by atoms with Crippen molar-refractivity contribution >= 4 is 40.6 Å². The molecule has 0 spiro atoms. The number of phenols is 1. The Morgan fingerprint density at radius 1 is 1.39 bits per heavy atom. The fourth-order valence-corrected chi connectivity index (χ4v) is 5.04. The summed E-state index contributed by atoms with van der Waals surface area (Å²) in [6, 6.07) is 9.13. The van der Waals surface area contributed by atoms with E-state index in [1.54, 1.807) is 23.9 Å². The van der Waals surface area contributed by atoms with E-state index < -0.39 is 0 Å². The Kier molecular flexibility index (Phi) is 5.04. The van der Waals surface area contributed by atoms with Crippen molar-refractivity contribution in [2.45, 2.75) is 11.8 Å². The maximum absolute atomic E-state index is 12.2. The number of hydrogen-bond donors (Lipinski definition) is 1. The Bertz CT molecular complexity index is 719. The SMILES string of the molecule is COc1cc(CCN2C(=O)CSC2c2ccc(Cl)s2)ccc1O. The summed E-state index contributed by atoms with van der Waals surface area (Å²) < 4.78 is 5.86. The van der Waals surface area contributed by atoms with E-state index in [-0.39, 0.29) is 17.0 Å². The molecule has 1 aromatic heterocycles. The van der Waals surface area contributed by atoms with Gasteiger partial charge < -0.3 is 14.7 Å². The molecule has 1 aliphatic rings. The number of halogens is 1. The molecular formula is C16H16ClNO3S2. The number of aromatic hydroxyl groups is 1. The van der Waals surface area contributed by atoms with Gasteiger partial charge in [-0.05, 0) is 36.2 Å². The summed E-state index contributed by atoms with van der Waals surface area (Å²) in [6.07, 6.45) is 0.707. The van der Waals surface area contributed by atoms with Gasteiger partial charge in [-0.25, -0.2) is 0 Å². The molecule has 1 saturated heterocycles. The van der Waals surface area contributed by atoms with Crippen molar-refractivity contribution < 1.29 is 14.6 Å². The monoisotopic (exact) mass is 369 g/mol. The highest BCUT2D eigenvalue weighted by molar-refractivity contribution is 8.00. The van der Waals surface area contributed by atoms with Gasteiger partial charge in [-0.1, -0.05) is 17.7 Å². The number of carbonyl (C=O) groups is 1. The Morgan fingerprint density at radius 2 is 2.22 bits per heavy atom. The van der Waals surface area contributed by atoms with E-state index in [4.69, 9.17) is 16.3 Å². The Balaban J connectivity index is 1.71. The first-order chi connectivity index (χ1) is 11.1. The molecule has 1 unspecified atom stereocenters. The van der Waals surface area contributed by atoms with Gasteiger partial charge in [0.15, 0.2) is 11.5 Å². The molecule has 4 nitrogen and oxygen atoms in total. The van der Waals surface area contributed by atoms with Crippen molar-refractivity contribution in [3.8, 4) is 11.5 Å². The lowest BCUT2D eigenvalue weighted by atomic mass is 10.1. The van der Waals surface area contributed by atoms with Gasteiger partial charge in [0.2, 0.25) is 5.91 Å². The summed E-state index contributed by atoms with van der Waals surface area (Å²) in [6.45, 7) is 0.625. The number of phenolic OH excluding ortho intramolecular Hbond substituents is 1. The first kappa shape index (κ1) is 16.5. The number of carbonyl (C=O) groups excluding carboxylic acids is 1. The van der Waals surface area contributed by atoms with Crippen LogP contribution < -0.4 is 4.74 Å². The van der Waals surface area contributed by atoms with Crippen LogP contribution in [0.4, 0.5) is 0 Å². The van der Waals surface area contributed by atoms with Gasteiger partial charge in [-0.2, -0.15) is 0 Å². The highest BCUT2D eigenvalue weighted by atomic mass is 35.5. The molecule has 2 aromatic rings. The summed E-state index contributed by atoms with van der Waals surface area (Å²) in [5.74, 6) is 1.22. The van der Waals surface area contributed by atoms with E-state index in [9.17, 15) is 9.90 Å². The summed E-state index contributed by atoms with van der Waals surface area (Å²) >= 11 is 9.16. The molecule has 0 saturated carbocycles. The largest absolute Gasteiger partial charge is 0.504 e. The molecule has 0 radical (unpaired) electrons. The van der Waals surface area contributed by atoms with Crippen LogP contribution in [0.5, 0.6) is 11.5 Å². The average molecular weight is 370 g/mol. The number of ether oxygens (including phenoxy) is 1. The second-order valence-electron chi connectivity index (χ2n) is 5.15. The van der Waals surface area contributed by atoms with Crippen LogP contribution in [0.2, 0.25) is 4.34 Å². The van der Waals surface area contributed by atoms with Crippen LogP contribution in [-0.4, -0.2) is 35.3 Å². The van der Waals surface area contributed by atoms with Gasteiger partial charge >= 0.3 is 0 Å². The molecule has 1 atom stereocenters. The Hall–Kier alpha value is -1.37. The zero-order valence-corrected chi connectivity index (χ0v) is 14.9. The fraction of sp³-hybridized carbons (Fsp3) is 0.312. The third-order valence-electron chi connectivity index (χ3n) is 3.69. The Morgan fingerprint density at radius 3 is 2.91 bits per heavy atom. The smallest absolute Gasteiger partial charge is 0.233 e.